The highest BCUT2D eigenvalue weighted by Crippen LogP contribution is 2.17. The van der Waals surface area contributed by atoms with Gasteiger partial charge < -0.3 is 9.64 Å². The van der Waals surface area contributed by atoms with Crippen LogP contribution in [0.4, 0.5) is 0 Å². The predicted molar refractivity (Wildman–Crippen MR) is 89.1 cm³/mol. The van der Waals surface area contributed by atoms with E-state index in [-0.39, 0.29) is 5.91 Å². The lowest BCUT2D eigenvalue weighted by Gasteiger charge is -2.18. The molecule has 0 aliphatic rings. The Morgan fingerprint density at radius 3 is 2.50 bits per heavy atom. The van der Waals surface area contributed by atoms with Crippen LogP contribution < -0.4 is 4.74 Å². The molecule has 0 N–H and O–H groups in total. The maximum atomic E-state index is 12.1. The number of hydrogen-bond acceptors (Lipinski definition) is 2. The van der Waals surface area contributed by atoms with E-state index in [1.54, 1.807) is 11.9 Å². The highest BCUT2D eigenvalue weighted by molar-refractivity contribution is 6.31. The molecule has 116 valence electrons. The zero-order valence-electron chi connectivity index (χ0n) is 12.7. The standard InChI is InChI=1S/C18H20ClNO2/c1-20(14-15-8-5-6-11-17(15)19)18(21)12-7-13-22-16-9-3-2-4-10-16/h2-6,8-11H,7,12-14H2,1H3. The number of carbonyl (C=O) groups is 1. The maximum Gasteiger partial charge on any atom is 0.222 e. The fourth-order valence-electron chi connectivity index (χ4n) is 2.09. The van der Waals surface area contributed by atoms with Crippen molar-refractivity contribution in [3.8, 4) is 5.75 Å². The Labute approximate surface area is 136 Å². The van der Waals surface area contributed by atoms with Gasteiger partial charge in [-0.15, -0.1) is 0 Å². The van der Waals surface area contributed by atoms with E-state index in [2.05, 4.69) is 0 Å². The Balaban J connectivity index is 1.71. The summed E-state index contributed by atoms with van der Waals surface area (Å²) in [5.41, 5.74) is 0.959. The minimum atomic E-state index is 0.0941. The molecule has 3 nitrogen and oxygen atoms in total. The van der Waals surface area contributed by atoms with Crippen LogP contribution in [0.3, 0.4) is 0 Å². The molecule has 0 unspecified atom stereocenters. The minimum absolute atomic E-state index is 0.0941. The third kappa shape index (κ3) is 5.08. The zero-order valence-corrected chi connectivity index (χ0v) is 13.4. The van der Waals surface area contributed by atoms with Gasteiger partial charge in [0, 0.05) is 25.0 Å². The van der Waals surface area contributed by atoms with Crippen LogP contribution in [0.1, 0.15) is 18.4 Å². The average molecular weight is 318 g/mol. The van der Waals surface area contributed by atoms with Crippen molar-refractivity contribution in [2.75, 3.05) is 13.7 Å². The van der Waals surface area contributed by atoms with Gasteiger partial charge in [0.1, 0.15) is 5.75 Å². The van der Waals surface area contributed by atoms with Gasteiger partial charge in [-0.05, 0) is 30.2 Å². The third-order valence-corrected chi connectivity index (χ3v) is 3.71. The topological polar surface area (TPSA) is 29.5 Å². The molecule has 0 heterocycles. The Morgan fingerprint density at radius 1 is 1.09 bits per heavy atom. The van der Waals surface area contributed by atoms with Crippen LogP contribution in [0.2, 0.25) is 5.02 Å². The van der Waals surface area contributed by atoms with Crippen LogP contribution in [0, 0.1) is 0 Å². The van der Waals surface area contributed by atoms with Gasteiger partial charge >= 0.3 is 0 Å². The molecule has 0 radical (unpaired) electrons. The van der Waals surface area contributed by atoms with Crippen molar-refractivity contribution in [2.24, 2.45) is 0 Å². The van der Waals surface area contributed by atoms with Crippen molar-refractivity contribution in [2.45, 2.75) is 19.4 Å². The Bertz CT molecular complexity index is 601. The molecule has 4 heteroatoms. The second-order valence-corrected chi connectivity index (χ2v) is 5.51. The molecular formula is C18H20ClNO2. The molecule has 2 aromatic carbocycles. The summed E-state index contributed by atoms with van der Waals surface area (Å²) in [5.74, 6) is 0.927. The molecule has 0 spiro atoms. The molecule has 0 atom stereocenters. The summed E-state index contributed by atoms with van der Waals surface area (Å²) in [6.45, 7) is 1.06. The van der Waals surface area contributed by atoms with Crippen molar-refractivity contribution in [1.82, 2.24) is 4.90 Å². The number of benzene rings is 2. The van der Waals surface area contributed by atoms with Crippen molar-refractivity contribution >= 4 is 17.5 Å². The summed E-state index contributed by atoms with van der Waals surface area (Å²) in [6.07, 6.45) is 1.16. The number of hydrogen-bond donors (Lipinski definition) is 0. The number of carbonyl (C=O) groups excluding carboxylic acids is 1. The van der Waals surface area contributed by atoms with E-state index in [0.717, 1.165) is 11.3 Å². The van der Waals surface area contributed by atoms with Crippen LogP contribution in [-0.2, 0) is 11.3 Å². The van der Waals surface area contributed by atoms with Gasteiger partial charge in [0.25, 0.3) is 0 Å². The molecular weight excluding hydrogens is 298 g/mol. The fraction of sp³-hybridized carbons (Fsp3) is 0.278. The van der Waals surface area contributed by atoms with Crippen LogP contribution in [0.5, 0.6) is 5.75 Å². The Morgan fingerprint density at radius 2 is 1.77 bits per heavy atom. The highest BCUT2D eigenvalue weighted by Gasteiger charge is 2.10. The van der Waals surface area contributed by atoms with Crippen molar-refractivity contribution in [3.63, 3.8) is 0 Å². The smallest absolute Gasteiger partial charge is 0.222 e. The monoisotopic (exact) mass is 317 g/mol. The Hall–Kier alpha value is -2.00. The molecule has 0 fully saturated rings. The van der Waals surface area contributed by atoms with Crippen molar-refractivity contribution < 1.29 is 9.53 Å². The lowest BCUT2D eigenvalue weighted by atomic mass is 10.2. The van der Waals surface area contributed by atoms with Gasteiger partial charge in [-0.1, -0.05) is 48.0 Å². The normalized spacial score (nSPS) is 10.3. The molecule has 0 aliphatic carbocycles. The molecule has 0 aromatic heterocycles. The number of halogens is 1. The average Bonchev–Trinajstić information content (AvgIpc) is 2.54. The fourth-order valence-corrected chi connectivity index (χ4v) is 2.29. The van der Waals surface area contributed by atoms with Crippen LogP contribution in [0.25, 0.3) is 0 Å². The molecule has 1 amide bonds. The van der Waals surface area contributed by atoms with Gasteiger partial charge in [-0.25, -0.2) is 0 Å². The number of amides is 1. The second-order valence-electron chi connectivity index (χ2n) is 5.11. The third-order valence-electron chi connectivity index (χ3n) is 3.34. The first kappa shape index (κ1) is 16.4. The van der Waals surface area contributed by atoms with Gasteiger partial charge in [0.2, 0.25) is 5.91 Å². The first-order chi connectivity index (χ1) is 10.7. The zero-order chi connectivity index (χ0) is 15.8. The van der Waals surface area contributed by atoms with Gasteiger partial charge in [-0.2, -0.15) is 0 Å². The van der Waals surface area contributed by atoms with E-state index in [0.29, 0.717) is 31.0 Å². The molecule has 0 bridgehead atoms. The summed E-state index contributed by atoms with van der Waals surface area (Å²) in [4.78, 5) is 13.8. The van der Waals surface area contributed by atoms with E-state index >= 15 is 0 Å². The molecule has 2 aromatic rings. The minimum Gasteiger partial charge on any atom is -0.494 e. The molecule has 22 heavy (non-hydrogen) atoms. The van der Waals surface area contributed by atoms with E-state index in [1.165, 1.54) is 0 Å². The number of nitrogens with zero attached hydrogens (tertiary/aromatic N) is 1. The largest absolute Gasteiger partial charge is 0.494 e. The van der Waals surface area contributed by atoms with E-state index in [9.17, 15) is 4.79 Å². The summed E-state index contributed by atoms with van der Waals surface area (Å²) < 4.78 is 5.58. The molecule has 0 aliphatic heterocycles. The lowest BCUT2D eigenvalue weighted by Crippen LogP contribution is -2.26. The maximum absolute atomic E-state index is 12.1. The highest BCUT2D eigenvalue weighted by atomic mass is 35.5. The molecule has 0 saturated heterocycles. The molecule has 0 saturated carbocycles. The SMILES string of the molecule is CN(Cc1ccccc1Cl)C(=O)CCCOc1ccccc1. The number of para-hydroxylation sites is 1. The number of ether oxygens (including phenoxy) is 1. The van der Waals surface area contributed by atoms with Crippen molar-refractivity contribution in [1.29, 1.82) is 0 Å². The number of rotatable bonds is 7. The molecule has 2 rings (SSSR count). The van der Waals surface area contributed by atoms with E-state index in [4.69, 9.17) is 16.3 Å². The van der Waals surface area contributed by atoms with E-state index < -0.39 is 0 Å². The quantitative estimate of drug-likeness (QED) is 0.718. The van der Waals surface area contributed by atoms with Crippen LogP contribution in [0.15, 0.2) is 54.6 Å². The summed E-state index contributed by atoms with van der Waals surface area (Å²) in [7, 11) is 1.80. The first-order valence-corrected chi connectivity index (χ1v) is 7.70. The summed E-state index contributed by atoms with van der Waals surface area (Å²) in [5, 5.41) is 0.689. The van der Waals surface area contributed by atoms with Crippen LogP contribution >= 0.6 is 11.6 Å². The van der Waals surface area contributed by atoms with Gasteiger partial charge in [-0.3, -0.25) is 4.79 Å². The lowest BCUT2D eigenvalue weighted by molar-refractivity contribution is -0.130. The van der Waals surface area contributed by atoms with E-state index in [1.807, 2.05) is 54.6 Å². The van der Waals surface area contributed by atoms with Crippen molar-refractivity contribution in [3.05, 3.63) is 65.2 Å². The second kappa shape index (κ2) is 8.44. The predicted octanol–water partition coefficient (Wildman–Crippen LogP) is 4.16. The summed E-state index contributed by atoms with van der Waals surface area (Å²) >= 11 is 6.11. The van der Waals surface area contributed by atoms with Gasteiger partial charge in [0.05, 0.1) is 6.61 Å². The Kier molecular flexibility index (Phi) is 6.28. The first-order valence-electron chi connectivity index (χ1n) is 7.32. The summed E-state index contributed by atoms with van der Waals surface area (Å²) in [6, 6.07) is 17.2. The van der Waals surface area contributed by atoms with Gasteiger partial charge in [0.15, 0.2) is 0 Å². The van der Waals surface area contributed by atoms with Crippen LogP contribution in [-0.4, -0.2) is 24.5 Å².